The summed E-state index contributed by atoms with van der Waals surface area (Å²) in [7, 11) is 0. The van der Waals surface area contributed by atoms with Crippen LogP contribution < -0.4 is 5.32 Å². The van der Waals surface area contributed by atoms with Crippen LogP contribution in [0, 0.1) is 11.8 Å². The molecule has 21 heavy (non-hydrogen) atoms. The predicted molar refractivity (Wildman–Crippen MR) is 86.9 cm³/mol. The highest BCUT2D eigenvalue weighted by atomic mass is 16.2. The summed E-state index contributed by atoms with van der Waals surface area (Å²) in [6.07, 6.45) is 1.06. The molecule has 3 unspecified atom stereocenters. The summed E-state index contributed by atoms with van der Waals surface area (Å²) in [6.45, 7) is 11.6. The minimum atomic E-state index is -0.0970. The summed E-state index contributed by atoms with van der Waals surface area (Å²) in [5, 5.41) is 3.43. The lowest BCUT2D eigenvalue weighted by Crippen LogP contribution is -2.35. The Kier molecular flexibility index (Phi) is 5.04. The van der Waals surface area contributed by atoms with Crippen molar-refractivity contribution in [1.29, 1.82) is 0 Å². The van der Waals surface area contributed by atoms with Crippen molar-refractivity contribution < 1.29 is 4.79 Å². The van der Waals surface area contributed by atoms with Crippen LogP contribution in [0.3, 0.4) is 0 Å². The van der Waals surface area contributed by atoms with E-state index >= 15 is 0 Å². The van der Waals surface area contributed by atoms with Gasteiger partial charge >= 0.3 is 0 Å². The molecular formula is C18H28N2O. The van der Waals surface area contributed by atoms with Gasteiger partial charge in [-0.1, -0.05) is 52.0 Å². The molecule has 0 bridgehead atoms. The number of hydrogen-bond acceptors (Lipinski definition) is 2. The van der Waals surface area contributed by atoms with Gasteiger partial charge in [-0.25, -0.2) is 0 Å². The zero-order chi connectivity index (χ0) is 15.6. The second kappa shape index (κ2) is 6.61. The zero-order valence-electron chi connectivity index (χ0n) is 13.9. The third-order valence-electron chi connectivity index (χ3n) is 4.70. The number of rotatable bonds is 5. The molecule has 116 valence electrons. The standard InChI is InChI=1S/C18H28N2O/c1-6-15-7-9-16(10-8-15)17-19-14(5)18(21)20(17)11-13(4)12(2)3/h7-10,12-14,17,19H,6,11H2,1-5H3. The minimum Gasteiger partial charge on any atom is -0.321 e. The molecule has 1 aromatic carbocycles. The van der Waals surface area contributed by atoms with Crippen LogP contribution in [-0.2, 0) is 11.2 Å². The first-order valence-electron chi connectivity index (χ1n) is 8.09. The van der Waals surface area contributed by atoms with Crippen molar-refractivity contribution in [3.8, 4) is 0 Å². The highest BCUT2D eigenvalue weighted by Gasteiger charge is 2.37. The maximum Gasteiger partial charge on any atom is 0.241 e. The number of hydrogen-bond donors (Lipinski definition) is 1. The third kappa shape index (κ3) is 3.46. The van der Waals surface area contributed by atoms with E-state index in [-0.39, 0.29) is 18.1 Å². The number of nitrogens with zero attached hydrogens (tertiary/aromatic N) is 1. The molecule has 1 N–H and O–H groups in total. The second-order valence-corrected chi connectivity index (χ2v) is 6.60. The van der Waals surface area contributed by atoms with E-state index in [2.05, 4.69) is 57.3 Å². The molecule has 1 heterocycles. The third-order valence-corrected chi connectivity index (χ3v) is 4.70. The van der Waals surface area contributed by atoms with Crippen molar-refractivity contribution in [3.63, 3.8) is 0 Å². The molecule has 1 saturated heterocycles. The fourth-order valence-corrected chi connectivity index (χ4v) is 2.70. The van der Waals surface area contributed by atoms with Gasteiger partial charge in [-0.2, -0.15) is 0 Å². The Balaban J connectivity index is 2.20. The molecule has 3 atom stereocenters. The molecule has 1 aliphatic rings. The molecule has 1 aliphatic heterocycles. The highest BCUT2D eigenvalue weighted by Crippen LogP contribution is 2.28. The number of carbonyl (C=O) groups is 1. The van der Waals surface area contributed by atoms with E-state index < -0.39 is 0 Å². The Morgan fingerprint density at radius 2 is 1.81 bits per heavy atom. The van der Waals surface area contributed by atoms with Crippen LogP contribution in [0.2, 0.25) is 0 Å². The fraction of sp³-hybridized carbons (Fsp3) is 0.611. The van der Waals surface area contributed by atoms with Crippen LogP contribution in [-0.4, -0.2) is 23.4 Å². The summed E-state index contributed by atoms with van der Waals surface area (Å²) >= 11 is 0. The Hall–Kier alpha value is -1.35. The topological polar surface area (TPSA) is 32.3 Å². The zero-order valence-corrected chi connectivity index (χ0v) is 13.9. The average molecular weight is 288 g/mol. The van der Waals surface area contributed by atoms with Gasteiger partial charge < -0.3 is 4.90 Å². The molecule has 0 radical (unpaired) electrons. The first-order chi connectivity index (χ1) is 9.93. The lowest BCUT2D eigenvalue weighted by atomic mass is 9.97. The predicted octanol–water partition coefficient (Wildman–Crippen LogP) is 3.36. The van der Waals surface area contributed by atoms with Gasteiger partial charge in [-0.3, -0.25) is 10.1 Å². The summed E-state index contributed by atoms with van der Waals surface area (Å²) in [5.41, 5.74) is 2.51. The van der Waals surface area contributed by atoms with Crippen molar-refractivity contribution in [2.75, 3.05) is 6.54 Å². The van der Waals surface area contributed by atoms with Gasteiger partial charge in [0.25, 0.3) is 0 Å². The summed E-state index contributed by atoms with van der Waals surface area (Å²) in [4.78, 5) is 14.4. The second-order valence-electron chi connectivity index (χ2n) is 6.60. The van der Waals surface area contributed by atoms with E-state index in [0.717, 1.165) is 13.0 Å². The Morgan fingerprint density at radius 1 is 1.19 bits per heavy atom. The fourth-order valence-electron chi connectivity index (χ4n) is 2.70. The van der Waals surface area contributed by atoms with Crippen molar-refractivity contribution in [1.82, 2.24) is 10.2 Å². The van der Waals surface area contributed by atoms with E-state index in [0.29, 0.717) is 11.8 Å². The quantitative estimate of drug-likeness (QED) is 0.901. The van der Waals surface area contributed by atoms with Crippen molar-refractivity contribution in [2.24, 2.45) is 11.8 Å². The van der Waals surface area contributed by atoms with Gasteiger partial charge in [-0.05, 0) is 36.3 Å². The monoisotopic (exact) mass is 288 g/mol. The van der Waals surface area contributed by atoms with Crippen LogP contribution in [0.25, 0.3) is 0 Å². The van der Waals surface area contributed by atoms with Gasteiger partial charge in [0.2, 0.25) is 5.91 Å². The summed E-state index contributed by atoms with van der Waals surface area (Å²) in [6, 6.07) is 8.52. The molecule has 1 aromatic rings. The van der Waals surface area contributed by atoms with Gasteiger partial charge in [0.05, 0.1) is 6.04 Å². The Labute approximate surface area is 128 Å². The molecular weight excluding hydrogens is 260 g/mol. The van der Waals surface area contributed by atoms with Gasteiger partial charge in [0.1, 0.15) is 6.17 Å². The van der Waals surface area contributed by atoms with Crippen LogP contribution >= 0.6 is 0 Å². The number of carbonyl (C=O) groups excluding carboxylic acids is 1. The van der Waals surface area contributed by atoms with Crippen molar-refractivity contribution >= 4 is 5.91 Å². The number of nitrogens with one attached hydrogen (secondary N) is 1. The van der Waals surface area contributed by atoms with Gasteiger partial charge in [0.15, 0.2) is 0 Å². The molecule has 0 aliphatic carbocycles. The van der Waals surface area contributed by atoms with Crippen molar-refractivity contribution in [2.45, 2.75) is 53.2 Å². The Morgan fingerprint density at radius 3 is 2.33 bits per heavy atom. The van der Waals surface area contributed by atoms with Gasteiger partial charge in [0, 0.05) is 6.54 Å². The minimum absolute atomic E-state index is 0.0135. The van der Waals surface area contributed by atoms with E-state index in [4.69, 9.17) is 0 Å². The lowest BCUT2D eigenvalue weighted by molar-refractivity contribution is -0.130. The van der Waals surface area contributed by atoms with Crippen LogP contribution in [0.5, 0.6) is 0 Å². The van der Waals surface area contributed by atoms with E-state index in [1.807, 2.05) is 11.8 Å². The molecule has 0 spiro atoms. The number of benzene rings is 1. The van der Waals surface area contributed by atoms with Crippen LogP contribution in [0.15, 0.2) is 24.3 Å². The Bertz CT molecular complexity index is 480. The maximum absolute atomic E-state index is 12.4. The average Bonchev–Trinajstić information content (AvgIpc) is 2.75. The maximum atomic E-state index is 12.4. The normalized spacial score (nSPS) is 23.9. The van der Waals surface area contributed by atoms with E-state index in [1.165, 1.54) is 11.1 Å². The SMILES string of the molecule is CCc1ccc(C2NC(C)C(=O)N2CC(C)C(C)C)cc1. The lowest BCUT2D eigenvalue weighted by Gasteiger charge is -2.29. The molecule has 0 saturated carbocycles. The molecule has 3 heteroatoms. The highest BCUT2D eigenvalue weighted by molar-refractivity contribution is 5.84. The molecule has 2 rings (SSSR count). The van der Waals surface area contributed by atoms with E-state index in [1.54, 1.807) is 0 Å². The molecule has 1 fully saturated rings. The summed E-state index contributed by atoms with van der Waals surface area (Å²) in [5.74, 6) is 1.29. The van der Waals surface area contributed by atoms with E-state index in [9.17, 15) is 4.79 Å². The van der Waals surface area contributed by atoms with Crippen LogP contribution in [0.1, 0.15) is 51.9 Å². The largest absolute Gasteiger partial charge is 0.321 e. The number of aryl methyl sites for hydroxylation is 1. The number of amides is 1. The molecule has 0 aromatic heterocycles. The molecule has 1 amide bonds. The van der Waals surface area contributed by atoms with Gasteiger partial charge in [-0.15, -0.1) is 0 Å². The van der Waals surface area contributed by atoms with Crippen LogP contribution in [0.4, 0.5) is 0 Å². The first-order valence-corrected chi connectivity index (χ1v) is 8.09. The van der Waals surface area contributed by atoms with Crippen molar-refractivity contribution in [3.05, 3.63) is 35.4 Å². The molecule has 3 nitrogen and oxygen atoms in total. The summed E-state index contributed by atoms with van der Waals surface area (Å²) < 4.78 is 0. The smallest absolute Gasteiger partial charge is 0.241 e. The first kappa shape index (κ1) is 16.0.